The van der Waals surface area contributed by atoms with Crippen LogP contribution in [0.2, 0.25) is 5.02 Å². The number of nitrogens with two attached hydrogens (primary N) is 1. The minimum atomic E-state index is -0.550. The van der Waals surface area contributed by atoms with Crippen molar-refractivity contribution in [3.63, 3.8) is 0 Å². The zero-order valence-corrected chi connectivity index (χ0v) is 11.4. The van der Waals surface area contributed by atoms with E-state index in [1.54, 1.807) is 24.3 Å². The molecule has 0 aliphatic rings. The van der Waals surface area contributed by atoms with Gasteiger partial charge in [-0.15, -0.1) is 0 Å². The van der Waals surface area contributed by atoms with Gasteiger partial charge >= 0.3 is 5.76 Å². The summed E-state index contributed by atoms with van der Waals surface area (Å²) in [6.07, 6.45) is 0. The Hall–Kier alpha value is -2.91. The lowest BCUT2D eigenvalue weighted by molar-refractivity contribution is 0.555. The number of anilines is 3. The number of oxazole rings is 1. The lowest BCUT2D eigenvalue weighted by Gasteiger charge is -2.11. The van der Waals surface area contributed by atoms with Crippen molar-refractivity contribution < 1.29 is 4.42 Å². The average molecular weight is 301 g/mol. The molecule has 0 fully saturated rings. The SMILES string of the molecule is N#Cc1ccc(Cl)c(Nc2cc3[nH]c(=O)oc3cc2N)c1. The molecule has 3 rings (SSSR count). The van der Waals surface area contributed by atoms with Gasteiger partial charge in [0.1, 0.15) is 0 Å². The molecular formula is C14H9ClN4O2. The van der Waals surface area contributed by atoms with Crippen LogP contribution >= 0.6 is 11.6 Å². The van der Waals surface area contributed by atoms with Gasteiger partial charge in [-0.25, -0.2) is 4.79 Å². The largest absolute Gasteiger partial charge is 0.417 e. The smallest absolute Gasteiger partial charge is 0.408 e. The van der Waals surface area contributed by atoms with Crippen molar-refractivity contribution in [2.75, 3.05) is 11.1 Å². The van der Waals surface area contributed by atoms with E-state index in [9.17, 15) is 4.79 Å². The average Bonchev–Trinajstić information content (AvgIpc) is 2.80. The van der Waals surface area contributed by atoms with E-state index in [4.69, 9.17) is 27.0 Å². The maximum atomic E-state index is 11.2. The summed E-state index contributed by atoms with van der Waals surface area (Å²) in [7, 11) is 0. The van der Waals surface area contributed by atoms with Gasteiger partial charge in [-0.2, -0.15) is 5.26 Å². The molecule has 21 heavy (non-hydrogen) atoms. The third-order valence-electron chi connectivity index (χ3n) is 2.96. The molecule has 6 nitrogen and oxygen atoms in total. The Balaban J connectivity index is 2.07. The van der Waals surface area contributed by atoms with Gasteiger partial charge in [-0.1, -0.05) is 11.6 Å². The molecule has 1 aromatic heterocycles. The van der Waals surface area contributed by atoms with Crippen molar-refractivity contribution >= 4 is 39.8 Å². The molecule has 0 saturated carbocycles. The molecule has 0 amide bonds. The molecule has 0 spiro atoms. The molecule has 0 radical (unpaired) electrons. The summed E-state index contributed by atoms with van der Waals surface area (Å²) in [5, 5.41) is 12.4. The lowest BCUT2D eigenvalue weighted by Crippen LogP contribution is -1.97. The maximum absolute atomic E-state index is 11.2. The Kier molecular flexibility index (Phi) is 3.05. The fraction of sp³-hybridized carbons (Fsp3) is 0. The zero-order chi connectivity index (χ0) is 15.0. The molecule has 0 saturated heterocycles. The standard InChI is InChI=1S/C14H9ClN4O2/c15-8-2-1-7(6-16)3-10(8)18-11-5-12-13(4-9(11)17)21-14(20)19-12/h1-5,18H,17H2,(H,19,20). The first-order valence-corrected chi connectivity index (χ1v) is 6.33. The van der Waals surface area contributed by atoms with E-state index in [-0.39, 0.29) is 0 Å². The van der Waals surface area contributed by atoms with Gasteiger partial charge in [0.25, 0.3) is 0 Å². The molecule has 0 aliphatic heterocycles. The maximum Gasteiger partial charge on any atom is 0.417 e. The highest BCUT2D eigenvalue weighted by Crippen LogP contribution is 2.31. The third kappa shape index (κ3) is 2.42. The Morgan fingerprint density at radius 3 is 2.86 bits per heavy atom. The summed E-state index contributed by atoms with van der Waals surface area (Å²) in [6, 6.07) is 10.1. The van der Waals surface area contributed by atoms with Gasteiger partial charge in [0.05, 0.1) is 39.2 Å². The molecule has 0 atom stereocenters. The second-order valence-electron chi connectivity index (χ2n) is 4.38. The number of benzene rings is 2. The number of H-pyrrole nitrogens is 1. The van der Waals surface area contributed by atoms with Crippen molar-refractivity contribution in [3.05, 3.63) is 51.5 Å². The highest BCUT2D eigenvalue weighted by molar-refractivity contribution is 6.33. The summed E-state index contributed by atoms with van der Waals surface area (Å²) in [5.41, 5.74) is 8.77. The van der Waals surface area contributed by atoms with E-state index in [1.807, 2.05) is 6.07 Å². The Morgan fingerprint density at radius 2 is 2.10 bits per heavy atom. The summed E-state index contributed by atoms with van der Waals surface area (Å²) < 4.78 is 4.93. The highest BCUT2D eigenvalue weighted by atomic mass is 35.5. The fourth-order valence-corrected chi connectivity index (χ4v) is 2.12. The normalized spacial score (nSPS) is 10.5. The van der Waals surface area contributed by atoms with Crippen molar-refractivity contribution in [1.82, 2.24) is 4.98 Å². The van der Waals surface area contributed by atoms with Gasteiger partial charge in [0.2, 0.25) is 0 Å². The predicted octanol–water partition coefficient (Wildman–Crippen LogP) is 2.97. The number of aromatic nitrogens is 1. The number of rotatable bonds is 2. The number of fused-ring (bicyclic) bond motifs is 1. The van der Waals surface area contributed by atoms with Crippen molar-refractivity contribution in [3.8, 4) is 6.07 Å². The monoisotopic (exact) mass is 300 g/mol. The fourth-order valence-electron chi connectivity index (χ4n) is 1.96. The predicted molar refractivity (Wildman–Crippen MR) is 80.7 cm³/mol. The van der Waals surface area contributed by atoms with Crippen LogP contribution in [-0.4, -0.2) is 4.98 Å². The lowest BCUT2D eigenvalue weighted by atomic mass is 10.2. The Labute approximate surface area is 123 Å². The van der Waals surface area contributed by atoms with E-state index in [0.717, 1.165) is 0 Å². The zero-order valence-electron chi connectivity index (χ0n) is 10.6. The van der Waals surface area contributed by atoms with Gasteiger partial charge in [-0.05, 0) is 24.3 Å². The summed E-state index contributed by atoms with van der Waals surface area (Å²) in [5.74, 6) is -0.550. The van der Waals surface area contributed by atoms with E-state index >= 15 is 0 Å². The third-order valence-corrected chi connectivity index (χ3v) is 3.29. The molecule has 0 bridgehead atoms. The number of nitrogen functional groups attached to an aromatic ring is 1. The molecule has 2 aromatic carbocycles. The van der Waals surface area contributed by atoms with Crippen LogP contribution in [0.25, 0.3) is 11.1 Å². The second kappa shape index (κ2) is 4.89. The van der Waals surface area contributed by atoms with E-state index in [2.05, 4.69) is 10.3 Å². The van der Waals surface area contributed by atoms with Crippen LogP contribution in [-0.2, 0) is 0 Å². The Morgan fingerprint density at radius 1 is 1.29 bits per heavy atom. The number of nitrogens with one attached hydrogen (secondary N) is 2. The number of nitrogens with zero attached hydrogens (tertiary/aromatic N) is 1. The molecule has 0 aliphatic carbocycles. The molecule has 104 valence electrons. The van der Waals surface area contributed by atoms with Crippen LogP contribution in [0.5, 0.6) is 0 Å². The molecule has 1 heterocycles. The van der Waals surface area contributed by atoms with E-state index < -0.39 is 5.76 Å². The number of hydrogen-bond acceptors (Lipinski definition) is 5. The van der Waals surface area contributed by atoms with E-state index in [0.29, 0.717) is 38.7 Å². The van der Waals surface area contributed by atoms with Crippen molar-refractivity contribution in [1.29, 1.82) is 5.26 Å². The van der Waals surface area contributed by atoms with Crippen LogP contribution in [0.4, 0.5) is 17.1 Å². The summed E-state index contributed by atoms with van der Waals surface area (Å²) in [6.45, 7) is 0. The number of aromatic amines is 1. The molecule has 3 aromatic rings. The van der Waals surface area contributed by atoms with Gasteiger partial charge in [-0.3, -0.25) is 4.98 Å². The van der Waals surface area contributed by atoms with Gasteiger partial charge in [0.15, 0.2) is 5.58 Å². The van der Waals surface area contributed by atoms with Crippen LogP contribution in [0.15, 0.2) is 39.5 Å². The van der Waals surface area contributed by atoms with E-state index in [1.165, 1.54) is 6.07 Å². The quantitative estimate of drug-likeness (QED) is 0.631. The van der Waals surface area contributed by atoms with Crippen LogP contribution < -0.4 is 16.8 Å². The topological polar surface area (TPSA) is 108 Å². The summed E-state index contributed by atoms with van der Waals surface area (Å²) in [4.78, 5) is 13.7. The minimum absolute atomic E-state index is 0.375. The first kappa shape index (κ1) is 13.1. The van der Waals surface area contributed by atoms with Crippen LogP contribution in [0.3, 0.4) is 0 Å². The number of halogens is 1. The van der Waals surface area contributed by atoms with Crippen molar-refractivity contribution in [2.45, 2.75) is 0 Å². The number of nitriles is 1. The molecule has 7 heteroatoms. The Bertz CT molecular complexity index is 936. The minimum Gasteiger partial charge on any atom is -0.408 e. The van der Waals surface area contributed by atoms with Gasteiger partial charge in [0, 0.05) is 6.07 Å². The molecular weight excluding hydrogens is 292 g/mol. The highest BCUT2D eigenvalue weighted by Gasteiger charge is 2.09. The van der Waals surface area contributed by atoms with Gasteiger partial charge < -0.3 is 15.5 Å². The van der Waals surface area contributed by atoms with Crippen molar-refractivity contribution in [2.24, 2.45) is 0 Å². The summed E-state index contributed by atoms with van der Waals surface area (Å²) >= 11 is 6.09. The first-order valence-electron chi connectivity index (χ1n) is 5.96. The van der Waals surface area contributed by atoms with Crippen LogP contribution in [0, 0.1) is 11.3 Å². The second-order valence-corrected chi connectivity index (χ2v) is 4.79. The molecule has 4 N–H and O–H groups in total. The van der Waals surface area contributed by atoms with Crippen LogP contribution in [0.1, 0.15) is 5.56 Å². The number of hydrogen-bond donors (Lipinski definition) is 3. The first-order chi connectivity index (χ1) is 10.1. The molecule has 0 unspecified atom stereocenters.